The smallest absolute Gasteiger partial charge is 0.127 e. The van der Waals surface area contributed by atoms with Crippen molar-refractivity contribution in [3.63, 3.8) is 0 Å². The van der Waals surface area contributed by atoms with Gasteiger partial charge in [-0.2, -0.15) is 0 Å². The number of nitrogens with zero attached hydrogens (tertiary/aromatic N) is 2. The van der Waals surface area contributed by atoms with Crippen molar-refractivity contribution in [2.24, 2.45) is 4.99 Å². The third-order valence-electron chi connectivity index (χ3n) is 1.42. The molecule has 0 aliphatic carbocycles. The Hall–Kier alpha value is -1.05. The summed E-state index contributed by atoms with van der Waals surface area (Å²) in [4.78, 5) is 6.23. The molecular weight excluding hydrogens is 112 g/mol. The van der Waals surface area contributed by atoms with Gasteiger partial charge in [0.25, 0.3) is 0 Å². The second kappa shape index (κ2) is 1.72. The van der Waals surface area contributed by atoms with Crippen LogP contribution in [0.1, 0.15) is 0 Å². The van der Waals surface area contributed by atoms with E-state index in [1.54, 1.807) is 0 Å². The Morgan fingerprint density at radius 3 is 3.33 bits per heavy atom. The summed E-state index contributed by atoms with van der Waals surface area (Å²) in [5, 5.41) is 0. The molecule has 2 rings (SSSR count). The summed E-state index contributed by atoms with van der Waals surface area (Å²) in [6.45, 7) is 2.84. The van der Waals surface area contributed by atoms with Crippen LogP contribution in [0.25, 0.3) is 0 Å². The fourth-order valence-electron chi connectivity index (χ4n) is 0.961. The summed E-state index contributed by atoms with van der Waals surface area (Å²) >= 11 is 0. The average Bonchev–Trinajstić information content (AvgIpc) is 2.33. The molecule has 9 heavy (non-hydrogen) atoms. The molecule has 0 spiro atoms. The number of rotatable bonds is 0. The molecule has 2 aliphatic rings. The first-order valence-corrected chi connectivity index (χ1v) is 2.98. The van der Waals surface area contributed by atoms with E-state index in [1.165, 1.54) is 0 Å². The number of hydrogen-bond acceptors (Lipinski definition) is 2. The largest absolute Gasteiger partial charge is 0.331 e. The Kier molecular flexibility index (Phi) is 0.918. The Morgan fingerprint density at radius 2 is 2.44 bits per heavy atom. The van der Waals surface area contributed by atoms with Crippen LogP contribution in [0.2, 0.25) is 0 Å². The molecule has 0 fully saturated rings. The van der Waals surface area contributed by atoms with E-state index in [0.717, 1.165) is 12.4 Å². The molecule has 0 atom stereocenters. The minimum Gasteiger partial charge on any atom is -0.331 e. The van der Waals surface area contributed by atoms with Crippen LogP contribution in [0.15, 0.2) is 29.4 Å². The highest BCUT2D eigenvalue weighted by atomic mass is 15.2. The fourth-order valence-corrected chi connectivity index (χ4v) is 0.961. The zero-order valence-electron chi connectivity index (χ0n) is 4.99. The molecule has 0 aromatic heterocycles. The molecule has 0 aromatic carbocycles. The molecule has 2 nitrogen and oxygen atoms in total. The van der Waals surface area contributed by atoms with E-state index in [4.69, 9.17) is 0 Å². The SMILES string of the molecule is [CH]1CN2C=CC=CC2=N1. The lowest BCUT2D eigenvalue weighted by Gasteiger charge is -2.13. The molecule has 45 valence electrons. The van der Waals surface area contributed by atoms with E-state index < -0.39 is 0 Å². The van der Waals surface area contributed by atoms with Gasteiger partial charge in [0.2, 0.25) is 0 Å². The monoisotopic (exact) mass is 119 g/mol. The first-order chi connectivity index (χ1) is 4.47. The van der Waals surface area contributed by atoms with Crippen LogP contribution in [0.3, 0.4) is 0 Å². The number of aliphatic imine (C=N–C) groups is 1. The molecule has 0 saturated heterocycles. The Bertz CT molecular complexity index is 198. The second-order valence-corrected chi connectivity index (χ2v) is 2.02. The molecule has 0 aromatic rings. The predicted molar refractivity (Wildman–Crippen MR) is 36.7 cm³/mol. The summed E-state index contributed by atoms with van der Waals surface area (Å²) in [6, 6.07) is 0. The molecule has 0 unspecified atom stereocenters. The Labute approximate surface area is 54.2 Å². The van der Waals surface area contributed by atoms with Gasteiger partial charge in [0.05, 0.1) is 6.54 Å². The maximum absolute atomic E-state index is 4.14. The molecule has 2 heteroatoms. The van der Waals surface area contributed by atoms with Crippen molar-refractivity contribution >= 4 is 5.84 Å². The molecule has 0 bridgehead atoms. The molecule has 0 saturated carbocycles. The highest BCUT2D eigenvalue weighted by Gasteiger charge is 2.12. The summed E-state index contributed by atoms with van der Waals surface area (Å²) in [5.41, 5.74) is 0. The number of allylic oxidation sites excluding steroid dienone is 2. The Morgan fingerprint density at radius 1 is 1.44 bits per heavy atom. The summed E-state index contributed by atoms with van der Waals surface area (Å²) in [6.07, 6.45) is 8.04. The molecule has 1 radical (unpaired) electrons. The lowest BCUT2D eigenvalue weighted by molar-refractivity contribution is 0.634. The van der Waals surface area contributed by atoms with Gasteiger partial charge < -0.3 is 4.90 Å². The fraction of sp³-hybridized carbons (Fsp3) is 0.143. The highest BCUT2D eigenvalue weighted by Crippen LogP contribution is 2.09. The van der Waals surface area contributed by atoms with Crippen molar-refractivity contribution < 1.29 is 0 Å². The van der Waals surface area contributed by atoms with Gasteiger partial charge in [-0.1, -0.05) is 6.08 Å². The zero-order chi connectivity index (χ0) is 6.10. The van der Waals surface area contributed by atoms with Crippen molar-refractivity contribution in [1.82, 2.24) is 4.90 Å². The maximum Gasteiger partial charge on any atom is 0.127 e. The van der Waals surface area contributed by atoms with Crippen LogP contribution in [0.4, 0.5) is 0 Å². The number of fused-ring (bicyclic) bond motifs is 1. The molecule has 2 heterocycles. The summed E-state index contributed by atoms with van der Waals surface area (Å²) in [5.74, 6) is 1.05. The van der Waals surface area contributed by atoms with Crippen molar-refractivity contribution in [1.29, 1.82) is 0 Å². The van der Waals surface area contributed by atoms with Gasteiger partial charge in [-0.25, -0.2) is 0 Å². The quantitative estimate of drug-likeness (QED) is 0.463. The lowest BCUT2D eigenvalue weighted by atomic mass is 10.3. The van der Waals surface area contributed by atoms with Crippen LogP contribution < -0.4 is 0 Å². The van der Waals surface area contributed by atoms with Gasteiger partial charge in [-0.05, 0) is 12.2 Å². The van der Waals surface area contributed by atoms with Crippen molar-refractivity contribution in [2.45, 2.75) is 0 Å². The van der Waals surface area contributed by atoms with Gasteiger partial charge in [0.1, 0.15) is 5.84 Å². The van der Waals surface area contributed by atoms with E-state index in [1.807, 2.05) is 31.0 Å². The van der Waals surface area contributed by atoms with E-state index in [9.17, 15) is 0 Å². The predicted octanol–water partition coefficient (Wildman–Crippen LogP) is 0.946. The standard InChI is InChI=1S/C7H7N2/c1-2-5-9-6-4-8-7(9)3-1/h1-5H,6H2. The summed E-state index contributed by atoms with van der Waals surface area (Å²) in [7, 11) is 0. The Balaban J connectivity index is 2.33. The third-order valence-corrected chi connectivity index (χ3v) is 1.42. The minimum absolute atomic E-state index is 0.927. The van der Waals surface area contributed by atoms with E-state index in [0.29, 0.717) is 0 Å². The van der Waals surface area contributed by atoms with Crippen LogP contribution in [0, 0.1) is 6.54 Å². The normalized spacial score (nSPS) is 22.2. The van der Waals surface area contributed by atoms with Gasteiger partial charge in [0, 0.05) is 12.7 Å². The minimum atomic E-state index is 0.927. The average molecular weight is 119 g/mol. The third kappa shape index (κ3) is 0.669. The van der Waals surface area contributed by atoms with Gasteiger partial charge in [-0.3, -0.25) is 4.99 Å². The molecule has 2 aliphatic heterocycles. The van der Waals surface area contributed by atoms with Crippen LogP contribution in [-0.2, 0) is 0 Å². The van der Waals surface area contributed by atoms with Gasteiger partial charge >= 0.3 is 0 Å². The first kappa shape index (κ1) is 4.79. The second-order valence-electron chi connectivity index (χ2n) is 2.02. The van der Waals surface area contributed by atoms with Crippen molar-refractivity contribution in [3.05, 3.63) is 31.0 Å². The van der Waals surface area contributed by atoms with Crippen LogP contribution >= 0.6 is 0 Å². The van der Waals surface area contributed by atoms with Gasteiger partial charge in [0.15, 0.2) is 0 Å². The van der Waals surface area contributed by atoms with Gasteiger partial charge in [-0.15, -0.1) is 0 Å². The zero-order valence-corrected chi connectivity index (χ0v) is 4.99. The van der Waals surface area contributed by atoms with Crippen molar-refractivity contribution in [3.8, 4) is 0 Å². The molecule has 0 amide bonds. The topological polar surface area (TPSA) is 15.6 Å². The van der Waals surface area contributed by atoms with Crippen LogP contribution in [-0.4, -0.2) is 17.3 Å². The first-order valence-electron chi connectivity index (χ1n) is 2.98. The maximum atomic E-state index is 4.14. The highest BCUT2D eigenvalue weighted by molar-refractivity contribution is 5.96. The number of amidine groups is 1. The van der Waals surface area contributed by atoms with E-state index >= 15 is 0 Å². The van der Waals surface area contributed by atoms with Crippen LogP contribution in [0.5, 0.6) is 0 Å². The van der Waals surface area contributed by atoms with E-state index in [2.05, 4.69) is 9.89 Å². The summed E-state index contributed by atoms with van der Waals surface area (Å²) < 4.78 is 0. The number of hydrogen-bond donors (Lipinski definition) is 0. The van der Waals surface area contributed by atoms with Crippen molar-refractivity contribution in [2.75, 3.05) is 6.54 Å². The lowest BCUT2D eigenvalue weighted by Crippen LogP contribution is -2.20. The molecular formula is C7H7N2. The molecule has 0 N–H and O–H groups in total. The van der Waals surface area contributed by atoms with E-state index in [-0.39, 0.29) is 0 Å².